The van der Waals surface area contributed by atoms with E-state index in [0.29, 0.717) is 25.0 Å². The molecule has 3 N–H and O–H groups in total. The third-order valence-electron chi connectivity index (χ3n) is 6.71. The lowest BCUT2D eigenvalue weighted by atomic mass is 9.85. The van der Waals surface area contributed by atoms with Crippen molar-refractivity contribution in [1.29, 1.82) is 0 Å². The zero-order chi connectivity index (χ0) is 25.8. The van der Waals surface area contributed by atoms with E-state index in [-0.39, 0.29) is 40.9 Å². The molecule has 0 aliphatic heterocycles. The molecule has 0 atom stereocenters. The number of amides is 1. The minimum atomic E-state index is -0.618. The molecular formula is C26H46N2O5. The van der Waals surface area contributed by atoms with Crippen molar-refractivity contribution in [2.45, 2.75) is 118 Å². The lowest BCUT2D eigenvalue weighted by Crippen LogP contribution is -2.45. The SMILES string of the molecule is CC(=O)C(C)(C)CCOC(C)(C)CCC(C)(C)NC(=O)CCC(C)(C)n1c(O)cc(C)c1O. The van der Waals surface area contributed by atoms with Crippen LogP contribution in [0, 0.1) is 12.3 Å². The van der Waals surface area contributed by atoms with Crippen LogP contribution in [0.1, 0.15) is 100.0 Å². The number of nitrogens with zero attached hydrogens (tertiary/aromatic N) is 1. The van der Waals surface area contributed by atoms with Gasteiger partial charge < -0.3 is 20.3 Å². The Morgan fingerprint density at radius 1 is 0.970 bits per heavy atom. The molecule has 7 nitrogen and oxygen atoms in total. The fourth-order valence-electron chi connectivity index (χ4n) is 3.68. The van der Waals surface area contributed by atoms with Crippen molar-refractivity contribution in [2.75, 3.05) is 6.61 Å². The molecule has 0 radical (unpaired) electrons. The summed E-state index contributed by atoms with van der Waals surface area (Å²) in [6, 6.07) is 1.52. The molecule has 1 aromatic heterocycles. The second kappa shape index (κ2) is 10.5. The van der Waals surface area contributed by atoms with Gasteiger partial charge in [0.15, 0.2) is 11.8 Å². The molecular weight excluding hydrogens is 420 g/mol. The maximum absolute atomic E-state index is 12.7. The summed E-state index contributed by atoms with van der Waals surface area (Å²) in [4.78, 5) is 24.4. The van der Waals surface area contributed by atoms with Gasteiger partial charge in [-0.1, -0.05) is 13.8 Å². The van der Waals surface area contributed by atoms with Crippen molar-refractivity contribution in [3.05, 3.63) is 11.6 Å². The molecule has 0 aliphatic carbocycles. The van der Waals surface area contributed by atoms with E-state index in [0.717, 1.165) is 12.8 Å². The van der Waals surface area contributed by atoms with E-state index >= 15 is 0 Å². The maximum Gasteiger partial charge on any atom is 0.220 e. The average molecular weight is 467 g/mol. The summed E-state index contributed by atoms with van der Waals surface area (Å²) in [5.74, 6) is 0.1000. The van der Waals surface area contributed by atoms with Crippen LogP contribution in [0.5, 0.6) is 11.8 Å². The fraction of sp³-hybridized carbons (Fsp3) is 0.769. The summed E-state index contributed by atoms with van der Waals surface area (Å²) in [6.45, 7) is 19.6. The largest absolute Gasteiger partial charge is 0.494 e. The minimum Gasteiger partial charge on any atom is -0.494 e. The van der Waals surface area contributed by atoms with Gasteiger partial charge in [0.05, 0.1) is 5.60 Å². The monoisotopic (exact) mass is 466 g/mol. The molecule has 1 heterocycles. The van der Waals surface area contributed by atoms with Gasteiger partial charge in [-0.25, -0.2) is 0 Å². The number of hydrogen-bond acceptors (Lipinski definition) is 5. The zero-order valence-electron chi connectivity index (χ0n) is 22.4. The number of carbonyl (C=O) groups excluding carboxylic acids is 2. The molecule has 0 unspecified atom stereocenters. The van der Waals surface area contributed by atoms with Crippen LogP contribution >= 0.6 is 0 Å². The van der Waals surface area contributed by atoms with Crippen LogP contribution in [0.2, 0.25) is 0 Å². The van der Waals surface area contributed by atoms with Gasteiger partial charge in [0.2, 0.25) is 5.91 Å². The van der Waals surface area contributed by atoms with Crippen molar-refractivity contribution in [1.82, 2.24) is 9.88 Å². The topological polar surface area (TPSA) is 101 Å². The standard InChI is InChI=1S/C26H46N2O5/c1-18-17-21(31)28(22(18)32)25(7,8)12-11-20(30)27-24(5,6)13-14-26(9,10)33-16-15-23(3,4)19(2)29/h17,31-32H,11-16H2,1-10H3,(H,27,30). The van der Waals surface area contributed by atoms with E-state index in [4.69, 9.17) is 4.74 Å². The number of aromatic hydroxyl groups is 2. The van der Waals surface area contributed by atoms with E-state index in [1.807, 2.05) is 55.4 Å². The van der Waals surface area contributed by atoms with E-state index in [1.54, 1.807) is 13.8 Å². The van der Waals surface area contributed by atoms with Crippen molar-refractivity contribution < 1.29 is 24.5 Å². The summed E-state index contributed by atoms with van der Waals surface area (Å²) < 4.78 is 7.53. The van der Waals surface area contributed by atoms with E-state index < -0.39 is 11.1 Å². The quantitative estimate of drug-likeness (QED) is 0.371. The highest BCUT2D eigenvalue weighted by Crippen LogP contribution is 2.36. The van der Waals surface area contributed by atoms with Gasteiger partial charge in [-0.15, -0.1) is 0 Å². The first kappa shape index (κ1) is 29.0. The third-order valence-corrected chi connectivity index (χ3v) is 6.71. The first-order valence-corrected chi connectivity index (χ1v) is 11.9. The number of ether oxygens (including phenoxy) is 1. The molecule has 1 rings (SSSR count). The molecule has 1 amide bonds. The minimum absolute atomic E-state index is 0.00957. The molecule has 0 saturated heterocycles. The van der Waals surface area contributed by atoms with E-state index in [2.05, 4.69) is 5.32 Å². The Balaban J connectivity index is 2.56. The summed E-state index contributed by atoms with van der Waals surface area (Å²) in [5.41, 5.74) is -1.18. The number of hydrogen-bond donors (Lipinski definition) is 3. The Bertz CT molecular complexity index is 834. The number of carbonyl (C=O) groups is 2. The Morgan fingerprint density at radius 3 is 2.03 bits per heavy atom. The van der Waals surface area contributed by atoms with Gasteiger partial charge in [-0.3, -0.25) is 14.2 Å². The van der Waals surface area contributed by atoms with Crippen LogP contribution in [0.25, 0.3) is 0 Å². The molecule has 7 heteroatoms. The van der Waals surface area contributed by atoms with Crippen LogP contribution in [0.15, 0.2) is 6.07 Å². The Morgan fingerprint density at radius 2 is 1.55 bits per heavy atom. The highest BCUT2D eigenvalue weighted by molar-refractivity contribution is 5.81. The summed E-state index contributed by atoms with van der Waals surface area (Å²) in [7, 11) is 0. The second-order valence-electron chi connectivity index (χ2n) is 11.9. The van der Waals surface area contributed by atoms with E-state index in [1.165, 1.54) is 10.6 Å². The predicted molar refractivity (Wildman–Crippen MR) is 132 cm³/mol. The summed E-state index contributed by atoms with van der Waals surface area (Å²) >= 11 is 0. The molecule has 33 heavy (non-hydrogen) atoms. The average Bonchev–Trinajstić information content (AvgIpc) is 2.90. The van der Waals surface area contributed by atoms with Crippen molar-refractivity contribution in [2.24, 2.45) is 5.41 Å². The number of aromatic nitrogens is 1. The first-order valence-electron chi connectivity index (χ1n) is 11.9. The Kier molecular flexibility index (Phi) is 9.23. The number of aryl methyl sites for hydroxylation is 1. The van der Waals surface area contributed by atoms with Crippen LogP contribution in [-0.4, -0.2) is 44.2 Å². The molecule has 0 bridgehead atoms. The second-order valence-corrected chi connectivity index (χ2v) is 11.9. The van der Waals surface area contributed by atoms with Crippen molar-refractivity contribution >= 4 is 11.7 Å². The van der Waals surface area contributed by atoms with Crippen molar-refractivity contribution in [3.63, 3.8) is 0 Å². The molecule has 1 aromatic rings. The third kappa shape index (κ3) is 8.69. The van der Waals surface area contributed by atoms with Crippen LogP contribution in [-0.2, 0) is 19.9 Å². The lowest BCUT2D eigenvalue weighted by Gasteiger charge is -2.33. The summed E-state index contributed by atoms with van der Waals surface area (Å²) in [6.07, 6.45) is 2.91. The molecule has 0 saturated carbocycles. The predicted octanol–water partition coefficient (Wildman–Crippen LogP) is 5.20. The lowest BCUT2D eigenvalue weighted by molar-refractivity contribution is -0.127. The van der Waals surface area contributed by atoms with E-state index in [9.17, 15) is 19.8 Å². The van der Waals surface area contributed by atoms with Gasteiger partial charge >= 0.3 is 0 Å². The number of Topliss-reactive ketones (excluding diaryl/α,β-unsaturated/α-hetero) is 1. The number of nitrogens with one attached hydrogen (secondary N) is 1. The highest BCUT2D eigenvalue weighted by atomic mass is 16.5. The first-order chi connectivity index (χ1) is 14.8. The molecule has 0 aliphatic rings. The highest BCUT2D eigenvalue weighted by Gasteiger charge is 2.31. The Labute approximate surface area is 199 Å². The fourth-order valence-corrected chi connectivity index (χ4v) is 3.68. The molecule has 190 valence electrons. The molecule has 0 fully saturated rings. The zero-order valence-corrected chi connectivity index (χ0v) is 22.4. The van der Waals surface area contributed by atoms with Gasteiger partial charge in [0, 0.05) is 41.2 Å². The van der Waals surface area contributed by atoms with Gasteiger partial charge in [0.25, 0.3) is 0 Å². The molecule has 0 spiro atoms. The van der Waals surface area contributed by atoms with Gasteiger partial charge in [0.1, 0.15) is 5.78 Å². The van der Waals surface area contributed by atoms with Crippen molar-refractivity contribution in [3.8, 4) is 11.8 Å². The van der Waals surface area contributed by atoms with Crippen LogP contribution in [0.4, 0.5) is 0 Å². The Hall–Kier alpha value is -2.02. The smallest absolute Gasteiger partial charge is 0.220 e. The van der Waals surface area contributed by atoms with Gasteiger partial charge in [-0.05, 0) is 81.1 Å². The van der Waals surface area contributed by atoms with Gasteiger partial charge in [-0.2, -0.15) is 0 Å². The number of rotatable bonds is 13. The van der Waals surface area contributed by atoms with Crippen LogP contribution in [0.3, 0.4) is 0 Å². The summed E-state index contributed by atoms with van der Waals surface area (Å²) in [5, 5.41) is 23.5. The molecule has 0 aromatic carbocycles. The number of ketones is 1. The van der Waals surface area contributed by atoms with Crippen LogP contribution < -0.4 is 5.32 Å². The maximum atomic E-state index is 12.7. The normalized spacial score (nSPS) is 13.3.